The van der Waals surface area contributed by atoms with E-state index < -0.39 is 0 Å². The first-order chi connectivity index (χ1) is 8.31. The molecular weight excluding hydrogens is 214 g/mol. The van der Waals surface area contributed by atoms with Crippen LogP contribution in [0.3, 0.4) is 0 Å². The molecule has 0 spiro atoms. The van der Waals surface area contributed by atoms with Gasteiger partial charge in [0, 0.05) is 18.4 Å². The minimum absolute atomic E-state index is 0.625. The Labute approximate surface area is 100 Å². The van der Waals surface area contributed by atoms with Crippen LogP contribution in [0.1, 0.15) is 5.56 Å². The average Bonchev–Trinajstić information content (AvgIpc) is 2.38. The second-order valence-corrected chi connectivity index (χ2v) is 3.61. The van der Waals surface area contributed by atoms with Crippen LogP contribution in [0.4, 0.5) is 11.5 Å². The van der Waals surface area contributed by atoms with Crippen molar-refractivity contribution in [2.75, 3.05) is 18.2 Å². The molecule has 2 aromatic rings. The molecule has 2 rings (SSSR count). The second-order valence-electron chi connectivity index (χ2n) is 3.61. The Kier molecular flexibility index (Phi) is 3.45. The number of para-hydroxylation sites is 1. The van der Waals surface area contributed by atoms with Gasteiger partial charge in [0.2, 0.25) is 0 Å². The zero-order chi connectivity index (χ0) is 12.1. The maximum absolute atomic E-state index is 5.86. The number of nitrogens with zero attached hydrogens (tertiary/aromatic N) is 1. The molecule has 0 saturated carbocycles. The fourth-order valence-corrected chi connectivity index (χ4v) is 1.56. The lowest BCUT2D eigenvalue weighted by molar-refractivity contribution is 0.415. The molecule has 1 aromatic carbocycles. The Bertz CT molecular complexity index is 500. The highest BCUT2D eigenvalue weighted by molar-refractivity contribution is 5.52. The van der Waals surface area contributed by atoms with Crippen molar-refractivity contribution in [2.24, 2.45) is 0 Å². The van der Waals surface area contributed by atoms with Gasteiger partial charge in [0.25, 0.3) is 0 Å². The van der Waals surface area contributed by atoms with Gasteiger partial charge in [0.15, 0.2) is 11.6 Å². The molecule has 17 heavy (non-hydrogen) atoms. The maximum atomic E-state index is 5.86. The molecule has 1 heterocycles. The lowest BCUT2D eigenvalue weighted by atomic mass is 10.2. The van der Waals surface area contributed by atoms with Gasteiger partial charge in [-0.25, -0.2) is 4.98 Å². The van der Waals surface area contributed by atoms with Crippen molar-refractivity contribution in [2.45, 2.75) is 6.54 Å². The van der Waals surface area contributed by atoms with E-state index in [0.717, 1.165) is 22.8 Å². The molecule has 0 atom stereocenters. The van der Waals surface area contributed by atoms with Gasteiger partial charge in [-0.1, -0.05) is 18.2 Å². The van der Waals surface area contributed by atoms with Crippen molar-refractivity contribution in [1.29, 1.82) is 0 Å². The molecule has 3 N–H and O–H groups in total. The van der Waals surface area contributed by atoms with Crippen LogP contribution in [0.25, 0.3) is 0 Å². The predicted octanol–water partition coefficient (Wildman–Crippen LogP) is 2.28. The molecule has 0 aliphatic carbocycles. The Morgan fingerprint density at radius 2 is 2.06 bits per heavy atom. The van der Waals surface area contributed by atoms with Crippen molar-refractivity contribution >= 4 is 11.5 Å². The summed E-state index contributed by atoms with van der Waals surface area (Å²) < 4.78 is 5.21. The molecular formula is C13H15N3O. The van der Waals surface area contributed by atoms with Crippen LogP contribution < -0.4 is 15.8 Å². The normalized spacial score (nSPS) is 9.94. The largest absolute Gasteiger partial charge is 0.493 e. The quantitative estimate of drug-likeness (QED) is 0.790. The maximum Gasteiger partial charge on any atom is 0.168 e. The molecule has 0 aliphatic rings. The second kappa shape index (κ2) is 5.21. The first kappa shape index (κ1) is 11.3. The Morgan fingerprint density at radius 1 is 1.24 bits per heavy atom. The summed E-state index contributed by atoms with van der Waals surface area (Å²) in [5.41, 5.74) is 7.68. The van der Waals surface area contributed by atoms with Gasteiger partial charge in [-0.05, 0) is 23.8 Å². The van der Waals surface area contributed by atoms with Gasteiger partial charge in [0.1, 0.15) is 0 Å². The highest BCUT2D eigenvalue weighted by Gasteiger charge is 2.03. The van der Waals surface area contributed by atoms with Crippen molar-refractivity contribution in [3.05, 3.63) is 48.2 Å². The summed E-state index contributed by atoms with van der Waals surface area (Å²) in [4.78, 5) is 4.22. The lowest BCUT2D eigenvalue weighted by Crippen LogP contribution is -2.05. The molecule has 4 nitrogen and oxygen atoms in total. The summed E-state index contributed by atoms with van der Waals surface area (Å²) in [7, 11) is 1.62. The number of nitrogen functional groups attached to an aromatic ring is 1. The number of nitrogens with two attached hydrogens (primary N) is 1. The van der Waals surface area contributed by atoms with Crippen LogP contribution in [0.2, 0.25) is 0 Å². The number of pyridine rings is 1. The van der Waals surface area contributed by atoms with E-state index in [9.17, 15) is 0 Å². The van der Waals surface area contributed by atoms with Crippen LogP contribution in [0.5, 0.6) is 5.75 Å². The van der Waals surface area contributed by atoms with E-state index in [2.05, 4.69) is 10.3 Å². The SMILES string of the molecule is COc1cccnc1NCc1ccccc1N. The van der Waals surface area contributed by atoms with E-state index in [1.54, 1.807) is 13.3 Å². The Hall–Kier alpha value is -2.23. The molecule has 0 radical (unpaired) electrons. The minimum atomic E-state index is 0.625. The molecule has 0 saturated heterocycles. The third-order valence-electron chi connectivity index (χ3n) is 2.49. The lowest BCUT2D eigenvalue weighted by Gasteiger charge is -2.10. The predicted molar refractivity (Wildman–Crippen MR) is 69.0 cm³/mol. The van der Waals surface area contributed by atoms with E-state index in [4.69, 9.17) is 10.5 Å². The number of benzene rings is 1. The molecule has 0 unspecified atom stereocenters. The third-order valence-corrected chi connectivity index (χ3v) is 2.49. The number of hydrogen-bond acceptors (Lipinski definition) is 4. The molecule has 0 bridgehead atoms. The van der Waals surface area contributed by atoms with Gasteiger partial charge >= 0.3 is 0 Å². The number of rotatable bonds is 4. The van der Waals surface area contributed by atoms with Gasteiger partial charge in [-0.3, -0.25) is 0 Å². The minimum Gasteiger partial charge on any atom is -0.493 e. The summed E-state index contributed by atoms with van der Waals surface area (Å²) in [5, 5.41) is 3.21. The van der Waals surface area contributed by atoms with Crippen LogP contribution in [0.15, 0.2) is 42.6 Å². The van der Waals surface area contributed by atoms with Gasteiger partial charge in [0.05, 0.1) is 7.11 Å². The zero-order valence-electron chi connectivity index (χ0n) is 9.68. The van der Waals surface area contributed by atoms with Crippen LogP contribution in [-0.4, -0.2) is 12.1 Å². The number of hydrogen-bond donors (Lipinski definition) is 2. The fraction of sp³-hybridized carbons (Fsp3) is 0.154. The van der Waals surface area contributed by atoms with Crippen LogP contribution in [-0.2, 0) is 6.54 Å². The van der Waals surface area contributed by atoms with E-state index in [0.29, 0.717) is 6.54 Å². The van der Waals surface area contributed by atoms with E-state index in [1.807, 2.05) is 36.4 Å². The van der Waals surface area contributed by atoms with Gasteiger partial charge < -0.3 is 15.8 Å². The summed E-state index contributed by atoms with van der Waals surface area (Å²) in [6.45, 7) is 0.625. The Morgan fingerprint density at radius 3 is 2.82 bits per heavy atom. The first-order valence-corrected chi connectivity index (χ1v) is 5.37. The third kappa shape index (κ3) is 2.66. The molecule has 0 amide bonds. The fourth-order valence-electron chi connectivity index (χ4n) is 1.56. The zero-order valence-corrected chi connectivity index (χ0v) is 9.68. The first-order valence-electron chi connectivity index (χ1n) is 5.37. The van der Waals surface area contributed by atoms with Crippen molar-refractivity contribution in [1.82, 2.24) is 4.98 Å². The van der Waals surface area contributed by atoms with Crippen molar-refractivity contribution in [3.8, 4) is 5.75 Å². The topological polar surface area (TPSA) is 60.2 Å². The average molecular weight is 229 g/mol. The summed E-state index contributed by atoms with van der Waals surface area (Å²) in [5.74, 6) is 1.44. The highest BCUT2D eigenvalue weighted by atomic mass is 16.5. The monoisotopic (exact) mass is 229 g/mol. The number of methoxy groups -OCH3 is 1. The molecule has 88 valence electrons. The smallest absolute Gasteiger partial charge is 0.168 e. The molecule has 0 aliphatic heterocycles. The molecule has 0 fully saturated rings. The van der Waals surface area contributed by atoms with Crippen LogP contribution in [0, 0.1) is 0 Å². The van der Waals surface area contributed by atoms with Crippen molar-refractivity contribution < 1.29 is 4.74 Å². The van der Waals surface area contributed by atoms with Crippen LogP contribution >= 0.6 is 0 Å². The van der Waals surface area contributed by atoms with Gasteiger partial charge in [-0.15, -0.1) is 0 Å². The molecule has 4 heteroatoms. The summed E-state index contributed by atoms with van der Waals surface area (Å²) in [6.07, 6.45) is 1.72. The standard InChI is InChI=1S/C13H15N3O/c1-17-12-7-4-8-15-13(12)16-9-10-5-2-3-6-11(10)14/h2-8H,9,14H2,1H3,(H,15,16). The van der Waals surface area contributed by atoms with E-state index in [1.165, 1.54) is 0 Å². The summed E-state index contributed by atoms with van der Waals surface area (Å²) in [6, 6.07) is 11.4. The van der Waals surface area contributed by atoms with E-state index in [-0.39, 0.29) is 0 Å². The number of anilines is 2. The molecule has 1 aromatic heterocycles. The number of nitrogens with one attached hydrogen (secondary N) is 1. The number of aromatic nitrogens is 1. The van der Waals surface area contributed by atoms with Gasteiger partial charge in [-0.2, -0.15) is 0 Å². The Balaban J connectivity index is 2.10. The van der Waals surface area contributed by atoms with E-state index >= 15 is 0 Å². The van der Waals surface area contributed by atoms with Crippen molar-refractivity contribution in [3.63, 3.8) is 0 Å². The number of ether oxygens (including phenoxy) is 1. The highest BCUT2D eigenvalue weighted by Crippen LogP contribution is 2.21. The summed E-state index contributed by atoms with van der Waals surface area (Å²) >= 11 is 0.